The number of hydrogen-bond acceptors (Lipinski definition) is 9. The van der Waals surface area contributed by atoms with Gasteiger partial charge >= 0.3 is 5.30 Å². The van der Waals surface area contributed by atoms with E-state index < -0.39 is 38.2 Å². The molecule has 0 N–H and O–H groups in total. The first-order valence-corrected chi connectivity index (χ1v) is 14.0. The summed E-state index contributed by atoms with van der Waals surface area (Å²) in [5.74, 6) is 0.278. The first-order valence-electron chi connectivity index (χ1n) is 9.89. The molecular weight excluding hydrogens is 443 g/mol. The van der Waals surface area contributed by atoms with Gasteiger partial charge in [0.25, 0.3) is 0 Å². The molecule has 2 aromatic rings. The highest BCUT2D eigenvalue weighted by molar-refractivity contribution is 8.12. The third-order valence-corrected chi connectivity index (χ3v) is 10.8. The molecule has 4 atom stereocenters. The zero-order valence-corrected chi connectivity index (χ0v) is 20.6. The summed E-state index contributed by atoms with van der Waals surface area (Å²) in [6.45, 7) is 10.7. The van der Waals surface area contributed by atoms with E-state index in [0.29, 0.717) is 11.2 Å². The van der Waals surface area contributed by atoms with Crippen molar-refractivity contribution < 1.29 is 27.8 Å². The number of aromatic nitrogens is 4. The van der Waals surface area contributed by atoms with E-state index in [4.69, 9.17) is 18.6 Å². The maximum atomic E-state index is 15.5. The molecule has 9 nitrogen and oxygen atoms in total. The first kappa shape index (κ1) is 23.9. The quantitative estimate of drug-likeness (QED) is 0.457. The van der Waals surface area contributed by atoms with E-state index in [0.717, 1.165) is 11.8 Å². The highest BCUT2D eigenvalue weighted by atomic mass is 32.2. The van der Waals surface area contributed by atoms with Crippen LogP contribution in [0.3, 0.4) is 0 Å². The number of fused-ring (bicyclic) bond motifs is 1. The van der Waals surface area contributed by atoms with E-state index in [1.807, 2.05) is 0 Å². The van der Waals surface area contributed by atoms with Crippen LogP contribution in [0.2, 0.25) is 18.1 Å². The number of thioether (sulfide) groups is 1. The van der Waals surface area contributed by atoms with Crippen molar-refractivity contribution in [1.29, 1.82) is 0 Å². The number of methoxy groups -OCH3 is 1. The zero-order valence-electron chi connectivity index (χ0n) is 18.8. The van der Waals surface area contributed by atoms with Crippen molar-refractivity contribution in [2.24, 2.45) is 0 Å². The molecule has 2 aromatic heterocycles. The molecule has 0 aromatic carbocycles. The molecule has 31 heavy (non-hydrogen) atoms. The number of alkyl halides is 1. The highest BCUT2D eigenvalue weighted by Gasteiger charge is 2.50. The fraction of sp³-hybridized carbons (Fsp3) is 0.684. The maximum absolute atomic E-state index is 15.5. The molecule has 0 bridgehead atoms. The van der Waals surface area contributed by atoms with Crippen molar-refractivity contribution >= 4 is 36.5 Å². The second kappa shape index (κ2) is 9.00. The molecule has 1 aliphatic heterocycles. The smallest absolute Gasteiger partial charge is 0.367 e. The van der Waals surface area contributed by atoms with Gasteiger partial charge in [0.05, 0.1) is 20.0 Å². The van der Waals surface area contributed by atoms with E-state index in [-0.39, 0.29) is 17.5 Å². The molecule has 1 aliphatic rings. The summed E-state index contributed by atoms with van der Waals surface area (Å²) in [5, 5.41) is -0.603. The van der Waals surface area contributed by atoms with Crippen molar-refractivity contribution in [1.82, 2.24) is 19.5 Å². The van der Waals surface area contributed by atoms with Crippen molar-refractivity contribution in [2.75, 3.05) is 20.0 Å². The predicted molar refractivity (Wildman–Crippen MR) is 118 cm³/mol. The summed E-state index contributed by atoms with van der Waals surface area (Å²) in [7, 11) is -0.652. The van der Waals surface area contributed by atoms with Gasteiger partial charge in [-0.05, 0) is 36.1 Å². The average molecular weight is 473 g/mol. The van der Waals surface area contributed by atoms with Crippen molar-refractivity contribution in [2.45, 2.75) is 63.5 Å². The third kappa shape index (κ3) is 4.71. The molecule has 0 radical (unpaired) electrons. The maximum Gasteiger partial charge on any atom is 0.367 e. The summed E-state index contributed by atoms with van der Waals surface area (Å²) in [6, 6.07) is 0. The summed E-state index contributed by atoms with van der Waals surface area (Å²) in [5.41, 5.74) is 0.750. The molecule has 172 valence electrons. The number of carbonyl (C=O) groups excluding carboxylic acids is 1. The Hall–Kier alpha value is -1.76. The van der Waals surface area contributed by atoms with Crippen LogP contribution in [0, 0.1) is 0 Å². The van der Waals surface area contributed by atoms with Gasteiger partial charge < -0.3 is 18.6 Å². The van der Waals surface area contributed by atoms with Crippen molar-refractivity contribution in [3.8, 4) is 5.88 Å². The normalized spacial score (nSPS) is 24.5. The predicted octanol–water partition coefficient (Wildman–Crippen LogP) is 3.96. The van der Waals surface area contributed by atoms with Gasteiger partial charge in [0.15, 0.2) is 38.0 Å². The SMILES string of the molecule is COc1ncnc2c1ncn2[C@@H]1O[C@H](CO[Si](C)(C)C(C)(C)C)[C@@H](OC(=O)SC)[C@@H]1F. The molecule has 0 unspecified atom stereocenters. The van der Waals surface area contributed by atoms with Gasteiger partial charge in [0, 0.05) is 0 Å². The number of halogens is 1. The van der Waals surface area contributed by atoms with Gasteiger partial charge in [-0.3, -0.25) is 4.57 Å². The van der Waals surface area contributed by atoms with Crippen LogP contribution < -0.4 is 4.74 Å². The average Bonchev–Trinajstić information content (AvgIpc) is 3.27. The Morgan fingerprint density at radius 2 is 2.03 bits per heavy atom. The second-order valence-electron chi connectivity index (χ2n) is 8.82. The minimum atomic E-state index is -2.12. The van der Waals surface area contributed by atoms with Gasteiger partial charge in [0.1, 0.15) is 12.4 Å². The molecule has 3 heterocycles. The Morgan fingerprint density at radius 3 is 2.65 bits per heavy atom. The van der Waals surface area contributed by atoms with Crippen molar-refractivity contribution in [3.63, 3.8) is 0 Å². The molecule has 1 fully saturated rings. The summed E-state index contributed by atoms with van der Waals surface area (Å²) in [4.78, 5) is 24.4. The molecule has 0 amide bonds. The van der Waals surface area contributed by atoms with Crippen LogP contribution in [0.1, 0.15) is 27.0 Å². The minimum Gasteiger partial charge on any atom is -0.479 e. The number of hydrogen-bond donors (Lipinski definition) is 0. The van der Waals surface area contributed by atoms with E-state index in [1.165, 1.54) is 24.3 Å². The van der Waals surface area contributed by atoms with Gasteiger partial charge in [-0.2, -0.15) is 4.98 Å². The number of rotatable bonds is 6. The topological polar surface area (TPSA) is 97.6 Å². The Morgan fingerprint density at radius 1 is 1.32 bits per heavy atom. The number of imidazole rings is 1. The van der Waals surface area contributed by atoms with Crippen LogP contribution in [0.25, 0.3) is 11.2 Å². The second-order valence-corrected chi connectivity index (χ2v) is 14.4. The standard InChI is InChI=1S/C19H29FN4O5SSi/c1-19(2,3)31(6,7)27-8-11-14(29-18(25)30-5)12(20)17(28-11)24-10-23-13-15(24)21-9-22-16(13)26-4/h9-12,14,17H,8H2,1-7H3/t11-,12+,14-,17-/m1/s1. The van der Waals surface area contributed by atoms with Crippen LogP contribution >= 0.6 is 11.8 Å². The van der Waals surface area contributed by atoms with Crippen LogP contribution in [0.4, 0.5) is 9.18 Å². The Labute approximate surface area is 186 Å². The Kier molecular flexibility index (Phi) is 6.94. The van der Waals surface area contributed by atoms with Gasteiger partial charge in [0.2, 0.25) is 5.88 Å². The van der Waals surface area contributed by atoms with E-state index in [2.05, 4.69) is 48.8 Å². The molecule has 1 saturated heterocycles. The lowest BCUT2D eigenvalue weighted by Gasteiger charge is -2.37. The number of nitrogens with zero attached hydrogens (tertiary/aromatic N) is 4. The number of carbonyl (C=O) groups is 1. The summed E-state index contributed by atoms with van der Waals surface area (Å²) in [6.07, 6.45) is -0.299. The zero-order chi connectivity index (χ0) is 23.0. The molecule has 12 heteroatoms. The minimum absolute atomic E-state index is 0.0282. The fourth-order valence-electron chi connectivity index (χ4n) is 3.03. The van der Waals surface area contributed by atoms with Gasteiger partial charge in [-0.15, -0.1) is 0 Å². The van der Waals surface area contributed by atoms with Gasteiger partial charge in [-0.1, -0.05) is 20.8 Å². The van der Waals surface area contributed by atoms with Crippen LogP contribution in [-0.4, -0.2) is 71.5 Å². The molecule has 0 spiro atoms. The van der Waals surface area contributed by atoms with E-state index in [9.17, 15) is 4.79 Å². The van der Waals surface area contributed by atoms with E-state index in [1.54, 1.807) is 6.26 Å². The lowest BCUT2D eigenvalue weighted by molar-refractivity contribution is -0.0436. The highest BCUT2D eigenvalue weighted by Crippen LogP contribution is 2.40. The van der Waals surface area contributed by atoms with E-state index >= 15 is 4.39 Å². The summed E-state index contributed by atoms with van der Waals surface area (Å²) < 4.78 is 39.9. The molecular formula is C19H29FN4O5SSi. The van der Waals surface area contributed by atoms with Crippen LogP contribution in [-0.2, 0) is 13.9 Å². The Balaban J connectivity index is 1.89. The number of ether oxygens (including phenoxy) is 3. The summed E-state index contributed by atoms with van der Waals surface area (Å²) >= 11 is 0.878. The molecule has 0 saturated carbocycles. The third-order valence-electron chi connectivity index (χ3n) is 5.87. The molecule has 0 aliphatic carbocycles. The lowest BCUT2D eigenvalue weighted by atomic mass is 10.1. The van der Waals surface area contributed by atoms with Crippen molar-refractivity contribution in [3.05, 3.63) is 12.7 Å². The first-order chi connectivity index (χ1) is 14.5. The fourth-order valence-corrected chi connectivity index (χ4v) is 4.25. The Bertz CT molecular complexity index is 938. The molecule has 3 rings (SSSR count). The van der Waals surface area contributed by atoms with Gasteiger partial charge in [-0.25, -0.2) is 19.2 Å². The van der Waals surface area contributed by atoms with Crippen LogP contribution in [0.15, 0.2) is 12.7 Å². The van der Waals surface area contributed by atoms with Crippen LogP contribution in [0.5, 0.6) is 5.88 Å². The largest absolute Gasteiger partial charge is 0.479 e. The monoisotopic (exact) mass is 472 g/mol. The lowest BCUT2D eigenvalue weighted by Crippen LogP contribution is -2.45.